The summed E-state index contributed by atoms with van der Waals surface area (Å²) < 4.78 is 26.4. The zero-order valence-electron chi connectivity index (χ0n) is 13.6. The molecule has 0 amide bonds. The summed E-state index contributed by atoms with van der Waals surface area (Å²) in [6, 6.07) is 7.84. The van der Waals surface area contributed by atoms with Crippen LogP contribution < -0.4 is 5.32 Å². The minimum atomic E-state index is -3.26. The van der Waals surface area contributed by atoms with Crippen LogP contribution in [0.5, 0.6) is 0 Å². The number of nitrogens with zero attached hydrogens (tertiary/aromatic N) is 1. The number of hydrogen-bond donors (Lipinski definition) is 1. The lowest BCUT2D eigenvalue weighted by Gasteiger charge is -2.24. The highest BCUT2D eigenvalue weighted by Gasteiger charge is 2.23. The Bertz CT molecular complexity index is 529. The SMILES string of the molecule is CCCC(C)N(C)S(=O)(=O)Cc1cccc(CNCC)c1. The molecule has 1 aromatic carbocycles. The van der Waals surface area contributed by atoms with E-state index in [4.69, 9.17) is 0 Å². The van der Waals surface area contributed by atoms with Crippen LogP contribution in [-0.2, 0) is 22.3 Å². The van der Waals surface area contributed by atoms with Gasteiger partial charge in [0.25, 0.3) is 0 Å². The highest BCUT2D eigenvalue weighted by atomic mass is 32.2. The average molecular weight is 312 g/mol. The highest BCUT2D eigenvalue weighted by Crippen LogP contribution is 2.15. The predicted molar refractivity (Wildman–Crippen MR) is 88.6 cm³/mol. The Balaban J connectivity index is 2.79. The van der Waals surface area contributed by atoms with E-state index in [1.54, 1.807) is 7.05 Å². The maximum absolute atomic E-state index is 12.5. The van der Waals surface area contributed by atoms with Crippen LogP contribution in [0.2, 0.25) is 0 Å². The highest BCUT2D eigenvalue weighted by molar-refractivity contribution is 7.88. The van der Waals surface area contributed by atoms with E-state index in [9.17, 15) is 8.42 Å². The van der Waals surface area contributed by atoms with Gasteiger partial charge in [-0.15, -0.1) is 0 Å². The molecular weight excluding hydrogens is 284 g/mol. The molecule has 0 bridgehead atoms. The molecule has 21 heavy (non-hydrogen) atoms. The van der Waals surface area contributed by atoms with Crippen molar-refractivity contribution in [2.24, 2.45) is 0 Å². The summed E-state index contributed by atoms with van der Waals surface area (Å²) in [5.41, 5.74) is 1.97. The number of hydrogen-bond acceptors (Lipinski definition) is 3. The summed E-state index contributed by atoms with van der Waals surface area (Å²) in [7, 11) is -1.58. The maximum atomic E-state index is 12.5. The summed E-state index contributed by atoms with van der Waals surface area (Å²) in [5.74, 6) is 0.0670. The molecule has 1 aromatic rings. The first-order valence-corrected chi connectivity index (χ1v) is 9.25. The van der Waals surface area contributed by atoms with E-state index in [2.05, 4.69) is 19.2 Å². The van der Waals surface area contributed by atoms with Gasteiger partial charge in [0.05, 0.1) is 5.75 Å². The molecule has 0 aliphatic heterocycles. The molecule has 0 saturated heterocycles. The van der Waals surface area contributed by atoms with Gasteiger partial charge in [0, 0.05) is 19.6 Å². The van der Waals surface area contributed by atoms with Gasteiger partial charge in [0.15, 0.2) is 0 Å². The second-order valence-corrected chi connectivity index (χ2v) is 7.54. The largest absolute Gasteiger partial charge is 0.313 e. The fourth-order valence-electron chi connectivity index (χ4n) is 2.28. The zero-order chi connectivity index (χ0) is 15.9. The van der Waals surface area contributed by atoms with Crippen LogP contribution in [0.25, 0.3) is 0 Å². The van der Waals surface area contributed by atoms with Gasteiger partial charge >= 0.3 is 0 Å². The van der Waals surface area contributed by atoms with E-state index in [0.717, 1.165) is 37.1 Å². The Hall–Kier alpha value is -0.910. The molecular formula is C16H28N2O2S. The van der Waals surface area contributed by atoms with Crippen molar-refractivity contribution in [3.8, 4) is 0 Å². The van der Waals surface area contributed by atoms with Crippen molar-refractivity contribution in [2.75, 3.05) is 13.6 Å². The second-order valence-electron chi connectivity index (χ2n) is 5.51. The van der Waals surface area contributed by atoms with E-state index in [0.29, 0.717) is 0 Å². The molecule has 0 heterocycles. The molecule has 120 valence electrons. The Kier molecular flexibility index (Phi) is 7.35. The van der Waals surface area contributed by atoms with Crippen LogP contribution in [0.4, 0.5) is 0 Å². The number of benzene rings is 1. The van der Waals surface area contributed by atoms with Gasteiger partial charge in [0.1, 0.15) is 0 Å². The van der Waals surface area contributed by atoms with E-state index in [1.165, 1.54) is 4.31 Å². The Morgan fingerprint density at radius 2 is 1.90 bits per heavy atom. The first-order valence-electron chi connectivity index (χ1n) is 7.65. The molecule has 1 unspecified atom stereocenters. The minimum absolute atomic E-state index is 0.0462. The van der Waals surface area contributed by atoms with Crippen molar-refractivity contribution in [3.05, 3.63) is 35.4 Å². The first-order chi connectivity index (χ1) is 9.90. The van der Waals surface area contributed by atoms with Gasteiger partial charge in [-0.3, -0.25) is 0 Å². The Morgan fingerprint density at radius 1 is 1.24 bits per heavy atom. The van der Waals surface area contributed by atoms with Crippen LogP contribution in [0, 0.1) is 0 Å². The molecule has 1 rings (SSSR count). The zero-order valence-corrected chi connectivity index (χ0v) is 14.4. The lowest BCUT2D eigenvalue weighted by atomic mass is 10.1. The summed E-state index contributed by atoms with van der Waals surface area (Å²) in [5, 5.41) is 3.25. The molecule has 4 nitrogen and oxygen atoms in total. The standard InChI is InChI=1S/C16H28N2O2S/c1-5-8-14(3)18(4)21(19,20)13-16-10-7-9-15(11-16)12-17-6-2/h7,9-11,14,17H,5-6,8,12-13H2,1-4H3. The topological polar surface area (TPSA) is 49.4 Å². The molecule has 1 N–H and O–H groups in total. The number of nitrogens with one attached hydrogen (secondary N) is 1. The quantitative estimate of drug-likeness (QED) is 0.763. The molecule has 5 heteroatoms. The van der Waals surface area contributed by atoms with Crippen molar-refractivity contribution < 1.29 is 8.42 Å². The van der Waals surface area contributed by atoms with Crippen LogP contribution in [0.1, 0.15) is 44.7 Å². The van der Waals surface area contributed by atoms with E-state index in [-0.39, 0.29) is 11.8 Å². The van der Waals surface area contributed by atoms with Crippen molar-refractivity contribution in [3.63, 3.8) is 0 Å². The summed E-state index contributed by atoms with van der Waals surface area (Å²) in [4.78, 5) is 0. The smallest absolute Gasteiger partial charge is 0.218 e. The number of rotatable bonds is 9. The fourth-order valence-corrected chi connectivity index (χ4v) is 3.74. The lowest BCUT2D eigenvalue weighted by molar-refractivity contribution is 0.368. The van der Waals surface area contributed by atoms with E-state index >= 15 is 0 Å². The Morgan fingerprint density at radius 3 is 2.52 bits per heavy atom. The summed E-state index contributed by atoms with van der Waals surface area (Å²) in [6.45, 7) is 7.76. The molecule has 0 spiro atoms. The third-order valence-corrected chi connectivity index (χ3v) is 5.62. The van der Waals surface area contributed by atoms with Crippen molar-refractivity contribution in [1.29, 1.82) is 0 Å². The van der Waals surface area contributed by atoms with Gasteiger partial charge in [-0.2, -0.15) is 0 Å². The van der Waals surface area contributed by atoms with E-state index in [1.807, 2.05) is 31.2 Å². The van der Waals surface area contributed by atoms with Gasteiger partial charge in [-0.25, -0.2) is 12.7 Å². The van der Waals surface area contributed by atoms with Crippen molar-refractivity contribution >= 4 is 10.0 Å². The van der Waals surface area contributed by atoms with Crippen LogP contribution in [0.15, 0.2) is 24.3 Å². The van der Waals surface area contributed by atoms with E-state index < -0.39 is 10.0 Å². The van der Waals surface area contributed by atoms with Crippen LogP contribution >= 0.6 is 0 Å². The van der Waals surface area contributed by atoms with Gasteiger partial charge < -0.3 is 5.32 Å². The molecule has 0 aliphatic rings. The van der Waals surface area contributed by atoms with Gasteiger partial charge in [-0.1, -0.05) is 44.5 Å². The monoisotopic (exact) mass is 312 g/mol. The first kappa shape index (κ1) is 18.1. The molecule has 0 saturated carbocycles. The van der Waals surface area contributed by atoms with Crippen molar-refractivity contribution in [2.45, 2.75) is 52.0 Å². The summed E-state index contributed by atoms with van der Waals surface area (Å²) >= 11 is 0. The second kappa shape index (κ2) is 8.51. The lowest BCUT2D eigenvalue weighted by Crippen LogP contribution is -2.35. The predicted octanol–water partition coefficient (Wildman–Crippen LogP) is 2.75. The van der Waals surface area contributed by atoms with Crippen LogP contribution in [-0.4, -0.2) is 32.4 Å². The normalized spacial score (nSPS) is 13.6. The fraction of sp³-hybridized carbons (Fsp3) is 0.625. The third kappa shape index (κ3) is 5.77. The minimum Gasteiger partial charge on any atom is -0.313 e. The molecule has 0 radical (unpaired) electrons. The van der Waals surface area contributed by atoms with Gasteiger partial charge in [-0.05, 0) is 31.0 Å². The van der Waals surface area contributed by atoms with Crippen LogP contribution in [0.3, 0.4) is 0 Å². The number of sulfonamides is 1. The molecule has 1 atom stereocenters. The third-order valence-electron chi connectivity index (χ3n) is 3.69. The molecule has 0 aromatic heterocycles. The molecule has 0 aliphatic carbocycles. The average Bonchev–Trinajstić information content (AvgIpc) is 2.44. The van der Waals surface area contributed by atoms with Crippen molar-refractivity contribution in [1.82, 2.24) is 9.62 Å². The Labute approximate surface area is 129 Å². The van der Waals surface area contributed by atoms with Gasteiger partial charge in [0.2, 0.25) is 10.0 Å². The maximum Gasteiger partial charge on any atom is 0.218 e. The summed E-state index contributed by atoms with van der Waals surface area (Å²) in [6.07, 6.45) is 1.87. The molecule has 0 fully saturated rings.